The molecule has 34 heavy (non-hydrogen) atoms. The molecule has 0 aliphatic carbocycles. The van der Waals surface area contributed by atoms with Crippen molar-refractivity contribution in [2.45, 2.75) is 24.5 Å². The van der Waals surface area contributed by atoms with Crippen LogP contribution in [0.1, 0.15) is 0 Å². The Morgan fingerprint density at radius 3 is 1.94 bits per heavy atom. The van der Waals surface area contributed by atoms with E-state index in [0.717, 1.165) is 25.6 Å². The van der Waals surface area contributed by atoms with Crippen molar-refractivity contribution < 1.29 is 17.6 Å². The molecule has 0 bridgehead atoms. The summed E-state index contributed by atoms with van der Waals surface area (Å²) in [6.45, 7) is 5.98. The fraction of sp³-hybridized carbons (Fsp3) is 0.333. The molecule has 1 amide bonds. The smallest absolute Gasteiger partial charge is 0.337 e. The van der Waals surface area contributed by atoms with E-state index >= 15 is 0 Å². The van der Waals surface area contributed by atoms with Crippen LogP contribution in [0.5, 0.6) is 0 Å². The van der Waals surface area contributed by atoms with Gasteiger partial charge in [-0.25, -0.2) is 40.9 Å². The second kappa shape index (κ2) is 10.1. The van der Waals surface area contributed by atoms with Crippen molar-refractivity contribution in [1.29, 1.82) is 0 Å². The van der Waals surface area contributed by atoms with Crippen molar-refractivity contribution in [3.05, 3.63) is 86.8 Å². The Morgan fingerprint density at radius 1 is 0.912 bits per heavy atom. The number of piperazine rings is 1. The largest absolute Gasteiger partial charge is 0.338 e. The van der Waals surface area contributed by atoms with Crippen LogP contribution in [0.2, 0.25) is 0 Å². The lowest BCUT2D eigenvalue weighted by atomic mass is 10.3. The molecule has 1 aliphatic rings. The molecule has 0 atom stereocenters. The van der Waals surface area contributed by atoms with Crippen LogP contribution in [-0.4, -0.2) is 63.4 Å². The van der Waals surface area contributed by atoms with E-state index in [1.807, 2.05) is 0 Å². The molecule has 0 unspecified atom stereocenters. The lowest BCUT2D eigenvalue weighted by Gasteiger charge is -2.34. The van der Waals surface area contributed by atoms with Gasteiger partial charge in [-0.3, -0.25) is 4.79 Å². The fourth-order valence-corrected chi connectivity index (χ4v) is 5.03. The Balaban J connectivity index is 1.80. The van der Waals surface area contributed by atoms with Crippen LogP contribution < -0.4 is 17.1 Å². The summed E-state index contributed by atoms with van der Waals surface area (Å²) >= 11 is 0. The molecule has 1 aromatic heterocycles. The van der Waals surface area contributed by atoms with Crippen LogP contribution in [0.4, 0.5) is 4.39 Å². The molecule has 11 nitrogen and oxygen atoms in total. The third-order valence-corrected chi connectivity index (χ3v) is 7.22. The van der Waals surface area contributed by atoms with Gasteiger partial charge < -0.3 is 4.90 Å². The monoisotopic (exact) mass is 493 g/mol. The summed E-state index contributed by atoms with van der Waals surface area (Å²) in [7, 11) is -3.94. The molecule has 0 spiro atoms. The number of sulfonamides is 1. The van der Waals surface area contributed by atoms with E-state index in [9.17, 15) is 32.0 Å². The molecule has 1 aromatic carbocycles. The molecule has 2 aromatic rings. The molecule has 0 N–H and O–H groups in total. The highest BCUT2D eigenvalue weighted by Gasteiger charge is 2.31. The number of hydrogen-bond donors (Lipinski definition) is 0. The number of hydrogen-bond acceptors (Lipinski definition) is 6. The van der Waals surface area contributed by atoms with Crippen molar-refractivity contribution in [2.24, 2.45) is 0 Å². The first-order valence-electron chi connectivity index (χ1n) is 10.3. The lowest BCUT2D eigenvalue weighted by Crippen LogP contribution is -2.57. The third-order valence-electron chi connectivity index (χ3n) is 5.33. The quantitative estimate of drug-likeness (QED) is 0.445. The van der Waals surface area contributed by atoms with Gasteiger partial charge in [0, 0.05) is 26.2 Å². The zero-order valence-corrected chi connectivity index (χ0v) is 19.1. The highest BCUT2D eigenvalue weighted by Crippen LogP contribution is 2.18. The summed E-state index contributed by atoms with van der Waals surface area (Å²) in [5.74, 6) is -1.27. The van der Waals surface area contributed by atoms with E-state index in [0.29, 0.717) is 4.57 Å². The molecule has 3 rings (SSSR count). The standard InChI is InChI=1S/C21H24FN5O6S/c1-3-8-25-19(29)26(9-4-2)21(31)27(20(25)30)15-18(28)23-10-12-24(13-11-23)34(32,33)17-7-5-6-16(22)14-17/h3-7,14H,1-2,8-13,15H2. The molecule has 1 fully saturated rings. The van der Waals surface area contributed by atoms with Gasteiger partial charge in [0.1, 0.15) is 12.4 Å². The Labute approximate surface area is 194 Å². The maximum absolute atomic E-state index is 13.5. The van der Waals surface area contributed by atoms with Crippen molar-refractivity contribution in [3.8, 4) is 0 Å². The topological polar surface area (TPSA) is 124 Å². The molecular weight excluding hydrogens is 469 g/mol. The second-order valence-corrected chi connectivity index (χ2v) is 9.41. The maximum atomic E-state index is 13.5. The summed E-state index contributed by atoms with van der Waals surface area (Å²) in [4.78, 5) is 51.8. The highest BCUT2D eigenvalue weighted by molar-refractivity contribution is 7.89. The van der Waals surface area contributed by atoms with Crippen LogP contribution in [0, 0.1) is 5.82 Å². The molecule has 2 heterocycles. The minimum absolute atomic E-state index is 0.00920. The Morgan fingerprint density at radius 2 is 1.44 bits per heavy atom. The van der Waals surface area contributed by atoms with Gasteiger partial charge in [-0.05, 0) is 18.2 Å². The summed E-state index contributed by atoms with van der Waals surface area (Å²) in [5.41, 5.74) is -2.73. The molecule has 0 saturated carbocycles. The van der Waals surface area contributed by atoms with Gasteiger partial charge in [0.25, 0.3) is 0 Å². The second-order valence-electron chi connectivity index (χ2n) is 7.47. The number of allylic oxidation sites excluding steroid dienone is 2. The molecule has 1 aliphatic heterocycles. The lowest BCUT2D eigenvalue weighted by molar-refractivity contribution is -0.133. The minimum Gasteiger partial charge on any atom is -0.338 e. The average molecular weight is 494 g/mol. The number of aromatic nitrogens is 3. The van der Waals surface area contributed by atoms with Crippen LogP contribution in [-0.2, 0) is 34.5 Å². The maximum Gasteiger partial charge on any atom is 0.337 e. The predicted octanol–water partition coefficient (Wildman–Crippen LogP) is -0.784. The number of amides is 1. The van der Waals surface area contributed by atoms with E-state index in [-0.39, 0.29) is 44.2 Å². The van der Waals surface area contributed by atoms with Gasteiger partial charge in [-0.15, -0.1) is 13.2 Å². The van der Waals surface area contributed by atoms with Crippen molar-refractivity contribution in [1.82, 2.24) is 22.9 Å². The summed E-state index contributed by atoms with van der Waals surface area (Å²) in [5, 5.41) is 0. The van der Waals surface area contributed by atoms with Gasteiger partial charge in [-0.1, -0.05) is 18.2 Å². The number of halogens is 1. The molecule has 0 radical (unpaired) electrons. The van der Waals surface area contributed by atoms with Gasteiger partial charge >= 0.3 is 17.1 Å². The normalized spacial score (nSPS) is 14.7. The Bertz CT molecular complexity index is 1350. The molecule has 182 valence electrons. The average Bonchev–Trinajstić information content (AvgIpc) is 2.82. The SMILES string of the molecule is C=CCn1c(=O)n(CC=C)c(=O)n(CC(=O)N2CCN(S(=O)(=O)c3cccc(F)c3)CC2)c1=O. The van der Waals surface area contributed by atoms with Crippen LogP contribution in [0.3, 0.4) is 0 Å². The summed E-state index contributed by atoms with van der Waals surface area (Å²) < 4.78 is 42.3. The number of benzene rings is 1. The predicted molar refractivity (Wildman–Crippen MR) is 121 cm³/mol. The Hall–Kier alpha value is -3.58. The zero-order valence-electron chi connectivity index (χ0n) is 18.3. The van der Waals surface area contributed by atoms with Crippen LogP contribution in [0.15, 0.2) is 68.9 Å². The van der Waals surface area contributed by atoms with Crippen molar-refractivity contribution in [2.75, 3.05) is 26.2 Å². The number of nitrogens with zero attached hydrogens (tertiary/aromatic N) is 5. The minimum atomic E-state index is -3.94. The number of carbonyl (C=O) groups excluding carboxylic acids is 1. The third kappa shape index (κ3) is 4.84. The molecule has 1 saturated heterocycles. The van der Waals surface area contributed by atoms with E-state index < -0.39 is 45.4 Å². The summed E-state index contributed by atoms with van der Waals surface area (Å²) in [6, 6.07) is 4.64. The first kappa shape index (κ1) is 25.1. The van der Waals surface area contributed by atoms with E-state index in [4.69, 9.17) is 0 Å². The van der Waals surface area contributed by atoms with Crippen molar-refractivity contribution >= 4 is 15.9 Å². The first-order valence-corrected chi connectivity index (χ1v) is 11.8. The van der Waals surface area contributed by atoms with Crippen molar-refractivity contribution in [3.63, 3.8) is 0 Å². The fourth-order valence-electron chi connectivity index (χ4n) is 3.58. The van der Waals surface area contributed by atoms with Gasteiger partial charge in [0.15, 0.2) is 0 Å². The van der Waals surface area contributed by atoms with E-state index in [2.05, 4.69) is 13.2 Å². The highest BCUT2D eigenvalue weighted by atomic mass is 32.2. The van der Waals surface area contributed by atoms with Crippen LogP contribution >= 0.6 is 0 Å². The van der Waals surface area contributed by atoms with Crippen LogP contribution in [0.25, 0.3) is 0 Å². The van der Waals surface area contributed by atoms with E-state index in [1.54, 1.807) is 0 Å². The zero-order chi connectivity index (χ0) is 25.0. The van der Waals surface area contributed by atoms with E-state index in [1.165, 1.54) is 29.2 Å². The number of carbonyl (C=O) groups is 1. The van der Waals surface area contributed by atoms with Gasteiger partial charge in [-0.2, -0.15) is 4.31 Å². The Kier molecular flexibility index (Phi) is 7.47. The number of rotatable bonds is 8. The van der Waals surface area contributed by atoms with Gasteiger partial charge in [0.2, 0.25) is 15.9 Å². The summed E-state index contributed by atoms with van der Waals surface area (Å²) in [6.07, 6.45) is 2.63. The first-order chi connectivity index (χ1) is 16.1. The molecule has 13 heteroatoms. The molecular formula is C21H24FN5O6S. The van der Waals surface area contributed by atoms with Gasteiger partial charge in [0.05, 0.1) is 18.0 Å².